The van der Waals surface area contributed by atoms with E-state index in [2.05, 4.69) is 10.6 Å². The predicted octanol–water partition coefficient (Wildman–Crippen LogP) is 4.29. The lowest BCUT2D eigenvalue weighted by atomic mass is 10.1. The Balaban J connectivity index is 0.00000544. The molecule has 0 unspecified atom stereocenters. The predicted molar refractivity (Wildman–Crippen MR) is 121 cm³/mol. The first-order chi connectivity index (χ1) is 14.9. The van der Waals surface area contributed by atoms with E-state index in [0.717, 1.165) is 18.2 Å². The van der Waals surface area contributed by atoms with Crippen LogP contribution < -0.4 is 15.4 Å². The van der Waals surface area contributed by atoms with E-state index in [4.69, 9.17) is 9.47 Å². The van der Waals surface area contributed by atoms with Crippen LogP contribution in [0.3, 0.4) is 0 Å². The highest BCUT2D eigenvalue weighted by atomic mass is 16.6. The fourth-order valence-corrected chi connectivity index (χ4v) is 2.43. The summed E-state index contributed by atoms with van der Waals surface area (Å²) in [5.74, 6) is -0.239. The normalized spacial score (nSPS) is 10.4. The summed E-state index contributed by atoms with van der Waals surface area (Å²) in [6, 6.07) is 9.14. The van der Waals surface area contributed by atoms with Gasteiger partial charge in [0.15, 0.2) is 0 Å². The minimum absolute atomic E-state index is 0. The van der Waals surface area contributed by atoms with Crippen LogP contribution >= 0.6 is 0 Å². The Labute approximate surface area is 190 Å². The molecule has 2 aromatic rings. The van der Waals surface area contributed by atoms with Crippen molar-refractivity contribution in [3.63, 3.8) is 0 Å². The van der Waals surface area contributed by atoms with Crippen LogP contribution in [0, 0.1) is 20.2 Å². The molecule has 2 amide bonds. The van der Waals surface area contributed by atoms with Crippen molar-refractivity contribution in [3.05, 3.63) is 68.3 Å². The number of nitro groups is 2. The van der Waals surface area contributed by atoms with Crippen molar-refractivity contribution in [2.24, 2.45) is 0 Å². The summed E-state index contributed by atoms with van der Waals surface area (Å²) in [7, 11) is 0. The number of rotatable bonds is 8. The second-order valence-electron chi connectivity index (χ2n) is 7.51. The molecule has 0 aliphatic rings. The number of hydrogen-bond donors (Lipinski definition) is 2. The van der Waals surface area contributed by atoms with Gasteiger partial charge in [-0.25, -0.2) is 4.79 Å². The first-order valence-corrected chi connectivity index (χ1v) is 9.39. The van der Waals surface area contributed by atoms with Gasteiger partial charge in [-0.15, -0.1) is 0 Å². The molecule has 0 aliphatic heterocycles. The molecule has 0 spiro atoms. The Morgan fingerprint density at radius 1 is 0.970 bits per heavy atom. The zero-order valence-electron chi connectivity index (χ0n) is 17.6. The zero-order chi connectivity index (χ0) is 23.9. The van der Waals surface area contributed by atoms with Gasteiger partial charge in [-0.2, -0.15) is 0 Å². The molecule has 0 bridgehead atoms. The molecule has 12 heteroatoms. The second kappa shape index (κ2) is 11.4. The summed E-state index contributed by atoms with van der Waals surface area (Å²) in [6.45, 7) is 5.38. The molecule has 0 aromatic heterocycles. The van der Waals surface area contributed by atoms with Crippen LogP contribution in [0.5, 0.6) is 5.75 Å². The third-order valence-electron chi connectivity index (χ3n) is 3.74. The smallest absolute Gasteiger partial charge is 0.412 e. The molecule has 0 radical (unpaired) electrons. The molecule has 0 saturated carbocycles. The van der Waals surface area contributed by atoms with Crippen LogP contribution in [-0.4, -0.2) is 40.6 Å². The van der Waals surface area contributed by atoms with Crippen molar-refractivity contribution < 1.29 is 28.9 Å². The highest BCUT2D eigenvalue weighted by Gasteiger charge is 2.20. The number of nitro benzene ring substituents is 2. The van der Waals surface area contributed by atoms with E-state index in [9.17, 15) is 29.8 Å². The van der Waals surface area contributed by atoms with Gasteiger partial charge in [0, 0.05) is 17.8 Å². The summed E-state index contributed by atoms with van der Waals surface area (Å²) in [5, 5.41) is 26.9. The van der Waals surface area contributed by atoms with Gasteiger partial charge in [-0.1, -0.05) is 7.43 Å². The highest BCUT2D eigenvalue weighted by molar-refractivity contribution is 5.95. The third kappa shape index (κ3) is 8.81. The quantitative estimate of drug-likeness (QED) is 0.333. The van der Waals surface area contributed by atoms with E-state index in [-0.39, 0.29) is 26.1 Å². The number of anilines is 1. The average Bonchev–Trinajstić information content (AvgIpc) is 2.70. The number of benzene rings is 2. The Hall–Kier alpha value is -4.22. The van der Waals surface area contributed by atoms with Crippen LogP contribution in [-0.2, 0) is 4.74 Å². The lowest BCUT2D eigenvalue weighted by Gasteiger charge is -2.19. The van der Waals surface area contributed by atoms with Crippen molar-refractivity contribution in [3.8, 4) is 5.75 Å². The van der Waals surface area contributed by atoms with Gasteiger partial charge in [-0.05, 0) is 45.0 Å². The zero-order valence-corrected chi connectivity index (χ0v) is 17.6. The lowest BCUT2D eigenvalue weighted by Crippen LogP contribution is -2.28. The number of nitrogens with one attached hydrogen (secondary N) is 2. The molecule has 0 fully saturated rings. The minimum atomic E-state index is -0.811. The summed E-state index contributed by atoms with van der Waals surface area (Å²) in [4.78, 5) is 44.1. The van der Waals surface area contributed by atoms with E-state index in [1.165, 1.54) is 0 Å². The van der Waals surface area contributed by atoms with Crippen LogP contribution in [0.15, 0.2) is 42.5 Å². The number of hydrogen-bond acceptors (Lipinski definition) is 8. The maximum Gasteiger partial charge on any atom is 0.412 e. The summed E-state index contributed by atoms with van der Waals surface area (Å²) < 4.78 is 10.6. The van der Waals surface area contributed by atoms with E-state index < -0.39 is 38.8 Å². The van der Waals surface area contributed by atoms with Crippen molar-refractivity contribution in [2.45, 2.75) is 33.8 Å². The number of nitrogens with zero attached hydrogens (tertiary/aromatic N) is 2. The van der Waals surface area contributed by atoms with Crippen molar-refractivity contribution in [1.29, 1.82) is 0 Å². The molecule has 2 rings (SSSR count). The molecule has 2 N–H and O–H groups in total. The molecule has 12 nitrogen and oxygen atoms in total. The van der Waals surface area contributed by atoms with Crippen molar-refractivity contribution >= 4 is 29.1 Å². The molecule has 0 atom stereocenters. The number of carbonyl (C=O) groups excluding carboxylic acids is 2. The van der Waals surface area contributed by atoms with E-state index in [0.29, 0.717) is 11.4 Å². The highest BCUT2D eigenvalue weighted by Crippen LogP contribution is 2.22. The van der Waals surface area contributed by atoms with Gasteiger partial charge in [0.1, 0.15) is 18.0 Å². The summed E-state index contributed by atoms with van der Waals surface area (Å²) in [5.41, 5.74) is -1.43. The van der Waals surface area contributed by atoms with E-state index in [1.54, 1.807) is 45.0 Å². The molecule has 0 saturated heterocycles. The first kappa shape index (κ1) is 26.8. The van der Waals surface area contributed by atoms with Crippen molar-refractivity contribution in [2.75, 3.05) is 18.5 Å². The molecule has 178 valence electrons. The van der Waals surface area contributed by atoms with E-state index in [1.807, 2.05) is 0 Å². The Morgan fingerprint density at radius 2 is 1.52 bits per heavy atom. The number of ether oxygens (including phenoxy) is 2. The largest absolute Gasteiger partial charge is 0.492 e. The van der Waals surface area contributed by atoms with Gasteiger partial charge in [0.05, 0.1) is 28.0 Å². The average molecular weight is 462 g/mol. The Morgan fingerprint density at radius 3 is 2.00 bits per heavy atom. The molecular weight excluding hydrogens is 436 g/mol. The van der Waals surface area contributed by atoms with Gasteiger partial charge in [0.25, 0.3) is 17.3 Å². The van der Waals surface area contributed by atoms with Crippen LogP contribution in [0.2, 0.25) is 0 Å². The topological polar surface area (TPSA) is 163 Å². The molecule has 33 heavy (non-hydrogen) atoms. The Bertz CT molecular complexity index is 984. The maximum absolute atomic E-state index is 12.2. The Kier molecular flexibility index (Phi) is 9.27. The van der Waals surface area contributed by atoms with Crippen LogP contribution in [0.4, 0.5) is 21.9 Å². The number of non-ortho nitro benzene ring substituents is 2. The van der Waals surface area contributed by atoms with Crippen LogP contribution in [0.1, 0.15) is 38.6 Å². The van der Waals surface area contributed by atoms with E-state index >= 15 is 0 Å². The van der Waals surface area contributed by atoms with Gasteiger partial charge >= 0.3 is 6.09 Å². The standard InChI is InChI=1S/C20H22N4O8.CH4/c1-20(2,3)32-19(26)22-14-4-6-17(7-5-14)31-9-8-21-18(25)13-10-15(23(27)28)12-16(11-13)24(29)30;/h4-7,10-12H,8-9H2,1-3H3,(H,21,25)(H,22,26);1H4. The van der Waals surface area contributed by atoms with Crippen LogP contribution in [0.25, 0.3) is 0 Å². The van der Waals surface area contributed by atoms with Gasteiger partial charge in [-0.3, -0.25) is 30.3 Å². The van der Waals surface area contributed by atoms with Gasteiger partial charge < -0.3 is 14.8 Å². The molecular formula is C21H26N4O8. The fourth-order valence-electron chi connectivity index (χ4n) is 2.43. The maximum atomic E-state index is 12.2. The minimum Gasteiger partial charge on any atom is -0.492 e. The van der Waals surface area contributed by atoms with Crippen molar-refractivity contribution in [1.82, 2.24) is 5.32 Å². The fraction of sp³-hybridized carbons (Fsp3) is 0.333. The second-order valence-corrected chi connectivity index (χ2v) is 7.51. The summed E-state index contributed by atoms with van der Waals surface area (Å²) >= 11 is 0. The number of carbonyl (C=O) groups is 2. The first-order valence-electron chi connectivity index (χ1n) is 9.39. The molecule has 0 aliphatic carbocycles. The SMILES string of the molecule is C.CC(C)(C)OC(=O)Nc1ccc(OCCNC(=O)c2cc([N+](=O)[O-])cc([N+](=O)[O-])c2)cc1. The molecule has 0 heterocycles. The monoisotopic (exact) mass is 462 g/mol. The molecule has 2 aromatic carbocycles. The third-order valence-corrected chi connectivity index (χ3v) is 3.74. The number of amides is 2. The summed E-state index contributed by atoms with van der Waals surface area (Å²) in [6.07, 6.45) is -0.588. The van der Waals surface area contributed by atoms with Gasteiger partial charge in [0.2, 0.25) is 0 Å². The lowest BCUT2D eigenvalue weighted by molar-refractivity contribution is -0.394.